The fraction of sp³-hybridized carbons (Fsp3) is 0.0526. The first kappa shape index (κ1) is 14.3. The average Bonchev–Trinajstić information content (AvgIpc) is 2.56. The van der Waals surface area contributed by atoms with Gasteiger partial charge in [-0.2, -0.15) is 0 Å². The van der Waals surface area contributed by atoms with E-state index in [4.69, 9.17) is 0 Å². The molecule has 0 radical (unpaired) electrons. The van der Waals surface area contributed by atoms with Gasteiger partial charge in [-0.1, -0.05) is 48.5 Å². The topological polar surface area (TPSA) is 0 Å². The first-order valence-corrected chi connectivity index (χ1v) is 8.47. The van der Waals surface area contributed by atoms with E-state index in [1.54, 1.807) is 11.8 Å². The Labute approximate surface area is 135 Å². The van der Waals surface area contributed by atoms with Crippen molar-refractivity contribution in [3.05, 3.63) is 72.8 Å². The minimum Gasteiger partial charge on any atom is -0.143 e. The first-order chi connectivity index (χ1) is 10.3. The Balaban J connectivity index is 1.87. The second kappa shape index (κ2) is 6.42. The number of thiol groups is 1. The minimum atomic E-state index is 0.990. The monoisotopic (exact) mass is 308 g/mol. The number of thioether (sulfide) groups is 1. The highest BCUT2D eigenvalue weighted by molar-refractivity contribution is 7.98. The van der Waals surface area contributed by atoms with Crippen LogP contribution in [0.3, 0.4) is 0 Å². The molecule has 0 fully saturated rings. The Morgan fingerprint density at radius 1 is 0.571 bits per heavy atom. The number of hydrogen-bond donors (Lipinski definition) is 1. The van der Waals surface area contributed by atoms with Crippen LogP contribution in [0.15, 0.2) is 82.6 Å². The Kier molecular flexibility index (Phi) is 4.37. The van der Waals surface area contributed by atoms with Crippen molar-refractivity contribution in [3.8, 4) is 22.3 Å². The van der Waals surface area contributed by atoms with E-state index in [0.29, 0.717) is 0 Å². The summed E-state index contributed by atoms with van der Waals surface area (Å²) in [4.78, 5) is 2.28. The minimum absolute atomic E-state index is 0.990. The second-order valence-corrected chi connectivity index (χ2v) is 6.25. The van der Waals surface area contributed by atoms with Crippen molar-refractivity contribution in [2.75, 3.05) is 6.26 Å². The standard InChI is InChI=1S/C19H16S2/c1-21-19-12-8-17(9-13-19)15-4-2-14(3-5-15)16-6-10-18(20)11-7-16/h2-13,20H,1H3. The highest BCUT2D eigenvalue weighted by atomic mass is 32.2. The number of rotatable bonds is 3. The Morgan fingerprint density at radius 3 is 1.29 bits per heavy atom. The average molecular weight is 308 g/mol. The third kappa shape index (κ3) is 3.34. The van der Waals surface area contributed by atoms with Gasteiger partial charge in [0.1, 0.15) is 0 Å². The van der Waals surface area contributed by atoms with Crippen LogP contribution in [0.25, 0.3) is 22.3 Å². The molecule has 0 N–H and O–H groups in total. The van der Waals surface area contributed by atoms with Crippen molar-refractivity contribution < 1.29 is 0 Å². The quantitative estimate of drug-likeness (QED) is 0.455. The van der Waals surface area contributed by atoms with Crippen molar-refractivity contribution in [3.63, 3.8) is 0 Å². The van der Waals surface area contributed by atoms with E-state index in [1.165, 1.54) is 27.1 Å². The van der Waals surface area contributed by atoms with E-state index in [2.05, 4.69) is 79.5 Å². The lowest BCUT2D eigenvalue weighted by molar-refractivity contribution is 1.45. The normalized spacial score (nSPS) is 10.6. The summed E-state index contributed by atoms with van der Waals surface area (Å²) in [6, 6.07) is 25.6. The molecular weight excluding hydrogens is 292 g/mol. The summed E-state index contributed by atoms with van der Waals surface area (Å²) >= 11 is 6.09. The van der Waals surface area contributed by atoms with Gasteiger partial charge < -0.3 is 0 Å². The summed E-state index contributed by atoms with van der Waals surface area (Å²) < 4.78 is 0. The largest absolute Gasteiger partial charge is 0.143 e. The maximum Gasteiger partial charge on any atom is 0.00695 e. The van der Waals surface area contributed by atoms with Crippen LogP contribution in [0, 0.1) is 0 Å². The smallest absolute Gasteiger partial charge is 0.00695 e. The van der Waals surface area contributed by atoms with Crippen LogP contribution >= 0.6 is 24.4 Å². The number of benzene rings is 3. The predicted octanol–water partition coefficient (Wildman–Crippen LogP) is 6.03. The summed E-state index contributed by atoms with van der Waals surface area (Å²) in [6.45, 7) is 0. The second-order valence-electron chi connectivity index (χ2n) is 4.85. The summed E-state index contributed by atoms with van der Waals surface area (Å²) in [5.41, 5.74) is 4.95. The van der Waals surface area contributed by atoms with E-state index in [9.17, 15) is 0 Å². The van der Waals surface area contributed by atoms with Gasteiger partial charge >= 0.3 is 0 Å². The van der Waals surface area contributed by atoms with E-state index in [-0.39, 0.29) is 0 Å². The van der Waals surface area contributed by atoms with Crippen LogP contribution < -0.4 is 0 Å². The van der Waals surface area contributed by atoms with E-state index >= 15 is 0 Å². The van der Waals surface area contributed by atoms with Crippen molar-refractivity contribution in [1.29, 1.82) is 0 Å². The maximum absolute atomic E-state index is 4.32. The molecule has 0 spiro atoms. The highest BCUT2D eigenvalue weighted by Gasteiger charge is 2.00. The zero-order valence-electron chi connectivity index (χ0n) is 11.8. The third-order valence-corrected chi connectivity index (χ3v) is 4.55. The van der Waals surface area contributed by atoms with Gasteiger partial charge in [-0.25, -0.2) is 0 Å². The summed E-state index contributed by atoms with van der Waals surface area (Å²) in [5.74, 6) is 0. The molecule has 0 nitrogen and oxygen atoms in total. The lowest BCUT2D eigenvalue weighted by Crippen LogP contribution is -1.81. The summed E-state index contributed by atoms with van der Waals surface area (Å²) in [7, 11) is 0. The zero-order chi connectivity index (χ0) is 14.7. The van der Waals surface area contributed by atoms with Crippen LogP contribution in [-0.4, -0.2) is 6.26 Å². The van der Waals surface area contributed by atoms with Gasteiger partial charge in [-0.15, -0.1) is 24.4 Å². The molecule has 3 aromatic carbocycles. The molecule has 3 rings (SSSR count). The fourth-order valence-electron chi connectivity index (χ4n) is 2.29. The van der Waals surface area contributed by atoms with Crippen LogP contribution in [-0.2, 0) is 0 Å². The van der Waals surface area contributed by atoms with Crippen LogP contribution in [0.2, 0.25) is 0 Å². The van der Waals surface area contributed by atoms with Crippen LogP contribution in [0.5, 0.6) is 0 Å². The Bertz CT molecular complexity index is 711. The maximum atomic E-state index is 4.32. The molecule has 0 unspecified atom stereocenters. The van der Waals surface area contributed by atoms with Gasteiger partial charge in [0, 0.05) is 9.79 Å². The third-order valence-electron chi connectivity index (χ3n) is 3.51. The molecule has 104 valence electrons. The summed E-state index contributed by atoms with van der Waals surface area (Å²) in [6.07, 6.45) is 2.10. The molecule has 0 amide bonds. The molecule has 0 aliphatic heterocycles. The molecule has 0 aliphatic rings. The van der Waals surface area contributed by atoms with Crippen molar-refractivity contribution >= 4 is 24.4 Å². The van der Waals surface area contributed by atoms with Gasteiger partial charge in [0.05, 0.1) is 0 Å². The first-order valence-electron chi connectivity index (χ1n) is 6.80. The molecular formula is C19H16S2. The Hall–Kier alpha value is -1.64. The molecule has 0 aromatic heterocycles. The molecule has 0 saturated heterocycles. The van der Waals surface area contributed by atoms with Crippen molar-refractivity contribution in [2.24, 2.45) is 0 Å². The molecule has 0 saturated carbocycles. The fourth-order valence-corrected chi connectivity index (χ4v) is 2.85. The summed E-state index contributed by atoms with van der Waals surface area (Å²) in [5, 5.41) is 0. The SMILES string of the molecule is CSc1ccc(-c2ccc(-c3ccc(S)cc3)cc2)cc1. The van der Waals surface area contributed by atoms with Crippen LogP contribution in [0.1, 0.15) is 0 Å². The van der Waals surface area contributed by atoms with Gasteiger partial charge in [0.2, 0.25) is 0 Å². The van der Waals surface area contributed by atoms with E-state index in [1.807, 2.05) is 12.1 Å². The van der Waals surface area contributed by atoms with Crippen molar-refractivity contribution in [2.45, 2.75) is 9.79 Å². The van der Waals surface area contributed by atoms with Gasteiger partial charge in [0.15, 0.2) is 0 Å². The molecule has 0 heterocycles. The molecule has 2 heteroatoms. The predicted molar refractivity (Wildman–Crippen MR) is 96.3 cm³/mol. The lowest BCUT2D eigenvalue weighted by Gasteiger charge is -2.06. The zero-order valence-corrected chi connectivity index (χ0v) is 13.5. The molecule has 0 aliphatic carbocycles. The number of hydrogen-bond acceptors (Lipinski definition) is 2. The molecule has 0 atom stereocenters. The molecule has 21 heavy (non-hydrogen) atoms. The van der Waals surface area contributed by atoms with E-state index < -0.39 is 0 Å². The lowest BCUT2D eigenvalue weighted by atomic mass is 10.0. The van der Waals surface area contributed by atoms with Gasteiger partial charge in [-0.3, -0.25) is 0 Å². The highest BCUT2D eigenvalue weighted by Crippen LogP contribution is 2.27. The van der Waals surface area contributed by atoms with Crippen LogP contribution in [0.4, 0.5) is 0 Å². The molecule has 0 bridgehead atoms. The van der Waals surface area contributed by atoms with Gasteiger partial charge in [-0.05, 0) is 52.8 Å². The van der Waals surface area contributed by atoms with Gasteiger partial charge in [0.25, 0.3) is 0 Å². The van der Waals surface area contributed by atoms with Crippen molar-refractivity contribution in [1.82, 2.24) is 0 Å². The molecule has 3 aromatic rings. The van der Waals surface area contributed by atoms with E-state index in [0.717, 1.165) is 4.90 Å². The Morgan fingerprint density at radius 2 is 0.905 bits per heavy atom.